The van der Waals surface area contributed by atoms with Crippen LogP contribution < -0.4 is 10.6 Å². The summed E-state index contributed by atoms with van der Waals surface area (Å²) < 4.78 is 5.73. The largest absolute Gasteiger partial charge is 0.444 e. The number of aryl methyl sites for hydroxylation is 2. The summed E-state index contributed by atoms with van der Waals surface area (Å²) >= 11 is 0. The Balaban J connectivity index is 1.64. The van der Waals surface area contributed by atoms with E-state index >= 15 is 0 Å². The van der Waals surface area contributed by atoms with Gasteiger partial charge in [0, 0.05) is 19.6 Å². The Labute approximate surface area is 171 Å². The number of oxazole rings is 1. The quantitative estimate of drug-likeness (QED) is 0.494. The van der Waals surface area contributed by atoms with E-state index < -0.39 is 0 Å². The second kappa shape index (κ2) is 11.4. The number of hydrogen-bond donors (Lipinski definition) is 2. The Hall–Kier alpha value is -1.56. The third-order valence-electron chi connectivity index (χ3n) is 5.72. The molecule has 0 radical (unpaired) electrons. The fourth-order valence-electron chi connectivity index (χ4n) is 3.72. The molecule has 2 heterocycles. The molecule has 0 aromatic carbocycles. The van der Waals surface area contributed by atoms with Crippen molar-refractivity contribution in [1.29, 1.82) is 0 Å². The maximum Gasteiger partial charge on any atom is 0.208 e. The first-order chi connectivity index (χ1) is 13.4. The van der Waals surface area contributed by atoms with E-state index in [9.17, 15) is 0 Å². The van der Waals surface area contributed by atoms with Gasteiger partial charge in [0.2, 0.25) is 5.89 Å². The van der Waals surface area contributed by atoms with Crippen LogP contribution >= 0.6 is 0 Å². The SMILES string of the molecule is CN=C(NCC1CCN(Cc2nc(C)c(C)o2)CC1)NC(C)CCCC(C)C. The van der Waals surface area contributed by atoms with E-state index in [1.54, 1.807) is 0 Å². The lowest BCUT2D eigenvalue weighted by atomic mass is 9.97. The number of guanidine groups is 1. The third kappa shape index (κ3) is 7.82. The van der Waals surface area contributed by atoms with Crippen LogP contribution in [-0.2, 0) is 6.54 Å². The number of nitrogens with zero attached hydrogens (tertiary/aromatic N) is 3. The molecule has 1 unspecified atom stereocenters. The molecule has 0 saturated carbocycles. The monoisotopic (exact) mass is 391 g/mol. The molecule has 0 amide bonds. The molecule has 1 aliphatic heterocycles. The number of rotatable bonds is 9. The van der Waals surface area contributed by atoms with E-state index in [0.717, 1.165) is 55.4 Å². The molecule has 1 fully saturated rings. The van der Waals surface area contributed by atoms with Crippen LogP contribution in [0.2, 0.25) is 0 Å². The maximum absolute atomic E-state index is 5.73. The number of piperidine rings is 1. The molecule has 160 valence electrons. The van der Waals surface area contributed by atoms with Crippen molar-refractivity contribution in [2.45, 2.75) is 79.3 Å². The van der Waals surface area contributed by atoms with E-state index in [4.69, 9.17) is 4.42 Å². The molecule has 1 saturated heterocycles. The Bertz CT molecular complexity index is 583. The fraction of sp³-hybridized carbons (Fsp3) is 0.818. The fourth-order valence-corrected chi connectivity index (χ4v) is 3.72. The van der Waals surface area contributed by atoms with Crippen molar-refractivity contribution in [2.24, 2.45) is 16.8 Å². The van der Waals surface area contributed by atoms with Crippen molar-refractivity contribution in [3.63, 3.8) is 0 Å². The average Bonchev–Trinajstić information content (AvgIpc) is 2.96. The van der Waals surface area contributed by atoms with Crippen LogP contribution in [0.15, 0.2) is 9.41 Å². The Kier molecular flexibility index (Phi) is 9.29. The summed E-state index contributed by atoms with van der Waals surface area (Å²) in [5.41, 5.74) is 1.01. The minimum absolute atomic E-state index is 0.458. The molecule has 2 N–H and O–H groups in total. The molecule has 1 aromatic heterocycles. The van der Waals surface area contributed by atoms with Crippen LogP contribution in [0.3, 0.4) is 0 Å². The topological polar surface area (TPSA) is 65.7 Å². The summed E-state index contributed by atoms with van der Waals surface area (Å²) in [6.07, 6.45) is 6.16. The highest BCUT2D eigenvalue weighted by molar-refractivity contribution is 5.79. The molecule has 1 atom stereocenters. The lowest BCUT2D eigenvalue weighted by Gasteiger charge is -2.31. The van der Waals surface area contributed by atoms with Crippen molar-refractivity contribution >= 4 is 5.96 Å². The van der Waals surface area contributed by atoms with Gasteiger partial charge in [0.25, 0.3) is 0 Å². The smallest absolute Gasteiger partial charge is 0.208 e. The summed E-state index contributed by atoms with van der Waals surface area (Å²) in [6.45, 7) is 14.8. The summed E-state index contributed by atoms with van der Waals surface area (Å²) in [5.74, 6) is 4.20. The zero-order valence-corrected chi connectivity index (χ0v) is 18.8. The Morgan fingerprint density at radius 3 is 2.50 bits per heavy atom. The van der Waals surface area contributed by atoms with Crippen LogP contribution in [0, 0.1) is 25.7 Å². The Morgan fingerprint density at radius 2 is 1.93 bits per heavy atom. The van der Waals surface area contributed by atoms with Crippen molar-refractivity contribution < 1.29 is 4.42 Å². The zero-order valence-electron chi connectivity index (χ0n) is 18.8. The third-order valence-corrected chi connectivity index (χ3v) is 5.72. The van der Waals surface area contributed by atoms with Crippen molar-refractivity contribution in [1.82, 2.24) is 20.5 Å². The molecular formula is C22H41N5O. The molecule has 6 nitrogen and oxygen atoms in total. The lowest BCUT2D eigenvalue weighted by molar-refractivity contribution is 0.164. The summed E-state index contributed by atoms with van der Waals surface area (Å²) in [6, 6.07) is 0.458. The number of likely N-dealkylation sites (tertiary alicyclic amines) is 1. The standard InChI is InChI=1S/C22H41N5O/c1-16(2)8-7-9-17(3)25-22(23-6)24-14-20-10-12-27(13-11-20)15-21-26-18(4)19(5)28-21/h16-17,20H,7-15H2,1-6H3,(H2,23,24,25). The van der Waals surface area contributed by atoms with Gasteiger partial charge in [-0.05, 0) is 65.0 Å². The molecule has 6 heteroatoms. The highest BCUT2D eigenvalue weighted by Gasteiger charge is 2.21. The molecule has 28 heavy (non-hydrogen) atoms. The normalized spacial score (nSPS) is 17.9. The predicted octanol–water partition coefficient (Wildman–Crippen LogP) is 3.88. The van der Waals surface area contributed by atoms with Gasteiger partial charge in [0.1, 0.15) is 5.76 Å². The van der Waals surface area contributed by atoms with Gasteiger partial charge in [-0.1, -0.05) is 26.7 Å². The van der Waals surface area contributed by atoms with Gasteiger partial charge >= 0.3 is 0 Å². The lowest BCUT2D eigenvalue weighted by Crippen LogP contribution is -2.45. The molecule has 1 aromatic rings. The maximum atomic E-state index is 5.73. The van der Waals surface area contributed by atoms with Gasteiger partial charge in [-0.25, -0.2) is 4.98 Å². The first-order valence-electron chi connectivity index (χ1n) is 11.0. The highest BCUT2D eigenvalue weighted by atomic mass is 16.4. The van der Waals surface area contributed by atoms with Crippen LogP contribution in [0.4, 0.5) is 0 Å². The molecule has 0 aliphatic carbocycles. The first-order valence-corrected chi connectivity index (χ1v) is 11.0. The predicted molar refractivity (Wildman–Crippen MR) is 117 cm³/mol. The van der Waals surface area contributed by atoms with Gasteiger partial charge in [-0.3, -0.25) is 9.89 Å². The van der Waals surface area contributed by atoms with Gasteiger partial charge < -0.3 is 15.1 Å². The van der Waals surface area contributed by atoms with E-state index in [-0.39, 0.29) is 0 Å². The first kappa shape index (κ1) is 22.7. The van der Waals surface area contributed by atoms with Crippen molar-refractivity contribution in [3.8, 4) is 0 Å². The second-order valence-corrected chi connectivity index (χ2v) is 8.79. The van der Waals surface area contributed by atoms with Crippen LogP contribution in [-0.4, -0.2) is 48.6 Å². The summed E-state index contributed by atoms with van der Waals surface area (Å²) in [7, 11) is 1.86. The minimum atomic E-state index is 0.458. The van der Waals surface area contributed by atoms with Gasteiger partial charge in [-0.2, -0.15) is 0 Å². The van der Waals surface area contributed by atoms with E-state index in [1.165, 1.54) is 32.1 Å². The number of aromatic nitrogens is 1. The number of nitrogens with one attached hydrogen (secondary N) is 2. The van der Waals surface area contributed by atoms with Crippen LogP contribution in [0.5, 0.6) is 0 Å². The molecular weight excluding hydrogens is 350 g/mol. The van der Waals surface area contributed by atoms with Crippen molar-refractivity contribution in [3.05, 3.63) is 17.3 Å². The number of aliphatic imine (C=N–C) groups is 1. The summed E-state index contributed by atoms with van der Waals surface area (Å²) in [4.78, 5) is 11.4. The number of hydrogen-bond acceptors (Lipinski definition) is 4. The van der Waals surface area contributed by atoms with Crippen molar-refractivity contribution in [2.75, 3.05) is 26.7 Å². The van der Waals surface area contributed by atoms with Gasteiger partial charge in [0.05, 0.1) is 12.2 Å². The highest BCUT2D eigenvalue weighted by Crippen LogP contribution is 2.19. The summed E-state index contributed by atoms with van der Waals surface area (Å²) in [5, 5.41) is 7.07. The van der Waals surface area contributed by atoms with Crippen LogP contribution in [0.1, 0.15) is 70.2 Å². The molecule has 0 spiro atoms. The zero-order chi connectivity index (χ0) is 20.5. The Morgan fingerprint density at radius 1 is 1.21 bits per heavy atom. The second-order valence-electron chi connectivity index (χ2n) is 8.79. The van der Waals surface area contributed by atoms with E-state index in [2.05, 4.69) is 46.3 Å². The molecule has 1 aliphatic rings. The average molecular weight is 392 g/mol. The molecule has 2 rings (SSSR count). The van der Waals surface area contributed by atoms with E-state index in [1.807, 2.05) is 20.9 Å². The minimum Gasteiger partial charge on any atom is -0.444 e. The van der Waals surface area contributed by atoms with Gasteiger partial charge in [-0.15, -0.1) is 0 Å². The van der Waals surface area contributed by atoms with Crippen LogP contribution in [0.25, 0.3) is 0 Å². The van der Waals surface area contributed by atoms with E-state index in [0.29, 0.717) is 12.0 Å². The molecule has 0 bridgehead atoms. The van der Waals surface area contributed by atoms with Gasteiger partial charge in [0.15, 0.2) is 5.96 Å².